The van der Waals surface area contributed by atoms with Crippen molar-refractivity contribution in [3.63, 3.8) is 0 Å². The Bertz CT molecular complexity index is 832. The molecule has 2 aliphatic heterocycles. The summed E-state index contributed by atoms with van der Waals surface area (Å²) < 4.78 is 1.55. The quantitative estimate of drug-likeness (QED) is 0.849. The molecule has 0 saturated carbocycles. The fourth-order valence-corrected chi connectivity index (χ4v) is 4.02. The second-order valence-electron chi connectivity index (χ2n) is 7.04. The highest BCUT2D eigenvalue weighted by molar-refractivity contribution is 5.77. The van der Waals surface area contributed by atoms with E-state index in [2.05, 4.69) is 9.88 Å². The number of rotatable bonds is 3. The summed E-state index contributed by atoms with van der Waals surface area (Å²) in [6.07, 6.45) is 5.64. The molecule has 0 N–H and O–H groups in total. The Hall–Kier alpha value is -2.21. The third-order valence-electron chi connectivity index (χ3n) is 5.49. The summed E-state index contributed by atoms with van der Waals surface area (Å²) in [5, 5.41) is 0.605. The van der Waals surface area contributed by atoms with Crippen LogP contribution in [0.4, 0.5) is 0 Å². The van der Waals surface area contributed by atoms with Crippen LogP contribution in [0.15, 0.2) is 35.4 Å². The molecule has 0 spiro atoms. The van der Waals surface area contributed by atoms with Gasteiger partial charge in [-0.2, -0.15) is 0 Å². The van der Waals surface area contributed by atoms with Gasteiger partial charge in [-0.05, 0) is 31.5 Å². The summed E-state index contributed by atoms with van der Waals surface area (Å²) in [6, 6.07) is 7.84. The zero-order valence-electron chi connectivity index (χ0n) is 14.4. The van der Waals surface area contributed by atoms with Crippen LogP contribution in [-0.2, 0) is 11.3 Å². The highest BCUT2D eigenvalue weighted by Crippen LogP contribution is 2.21. The van der Waals surface area contributed by atoms with Crippen LogP contribution in [0.1, 0.15) is 25.7 Å². The summed E-state index contributed by atoms with van der Waals surface area (Å²) in [7, 11) is 0. The second kappa shape index (κ2) is 6.96. The molecular weight excluding hydrogens is 316 g/mol. The van der Waals surface area contributed by atoms with E-state index < -0.39 is 0 Å². The van der Waals surface area contributed by atoms with Crippen molar-refractivity contribution in [1.29, 1.82) is 0 Å². The van der Waals surface area contributed by atoms with E-state index >= 15 is 0 Å². The smallest absolute Gasteiger partial charge is 0.261 e. The molecule has 132 valence electrons. The number of para-hydroxylation sites is 1. The van der Waals surface area contributed by atoms with E-state index in [1.54, 1.807) is 17.0 Å². The van der Waals surface area contributed by atoms with Crippen LogP contribution in [-0.4, -0.2) is 57.5 Å². The minimum atomic E-state index is -0.0736. The average Bonchev–Trinajstić information content (AvgIpc) is 2.67. The fourth-order valence-electron chi connectivity index (χ4n) is 4.02. The summed E-state index contributed by atoms with van der Waals surface area (Å²) in [5.74, 6) is 0.144. The van der Waals surface area contributed by atoms with Crippen molar-refractivity contribution in [3.05, 3.63) is 40.9 Å². The molecule has 2 aromatic rings. The normalized spacial score (nSPS) is 21.3. The van der Waals surface area contributed by atoms with Gasteiger partial charge in [0.05, 0.1) is 17.2 Å². The number of piperidine rings is 1. The van der Waals surface area contributed by atoms with Crippen molar-refractivity contribution in [1.82, 2.24) is 19.4 Å². The monoisotopic (exact) mass is 340 g/mol. The Morgan fingerprint density at radius 3 is 2.96 bits per heavy atom. The van der Waals surface area contributed by atoms with E-state index in [0.29, 0.717) is 29.9 Å². The van der Waals surface area contributed by atoms with Gasteiger partial charge in [0.2, 0.25) is 5.91 Å². The minimum absolute atomic E-state index is 0.0736. The Labute approximate surface area is 147 Å². The maximum absolute atomic E-state index is 12.6. The van der Waals surface area contributed by atoms with Gasteiger partial charge in [-0.25, -0.2) is 4.98 Å². The molecule has 6 nitrogen and oxygen atoms in total. The van der Waals surface area contributed by atoms with Gasteiger partial charge in [-0.3, -0.25) is 19.1 Å². The van der Waals surface area contributed by atoms with E-state index in [9.17, 15) is 9.59 Å². The third kappa shape index (κ3) is 3.31. The van der Waals surface area contributed by atoms with Crippen LogP contribution in [0.2, 0.25) is 0 Å². The van der Waals surface area contributed by atoms with E-state index in [0.717, 1.165) is 19.6 Å². The second-order valence-corrected chi connectivity index (χ2v) is 7.04. The number of amides is 1. The van der Waals surface area contributed by atoms with E-state index in [1.165, 1.54) is 25.8 Å². The predicted molar refractivity (Wildman–Crippen MR) is 96.4 cm³/mol. The number of aryl methyl sites for hydroxylation is 1. The molecule has 25 heavy (non-hydrogen) atoms. The largest absolute Gasteiger partial charge is 0.340 e. The number of nitrogens with zero attached hydrogens (tertiary/aromatic N) is 4. The van der Waals surface area contributed by atoms with E-state index in [4.69, 9.17) is 0 Å². The zero-order valence-corrected chi connectivity index (χ0v) is 14.4. The van der Waals surface area contributed by atoms with Crippen LogP contribution in [0.25, 0.3) is 10.9 Å². The first kappa shape index (κ1) is 16.3. The number of aromatic nitrogens is 2. The fraction of sp³-hybridized carbons (Fsp3) is 0.526. The van der Waals surface area contributed by atoms with Crippen LogP contribution >= 0.6 is 0 Å². The Balaban J connectivity index is 1.40. The maximum Gasteiger partial charge on any atom is 0.261 e. The van der Waals surface area contributed by atoms with Gasteiger partial charge in [-0.1, -0.05) is 18.6 Å². The molecule has 1 atom stereocenters. The number of hydrogen-bond acceptors (Lipinski definition) is 4. The number of benzene rings is 1. The molecule has 0 radical (unpaired) electrons. The summed E-state index contributed by atoms with van der Waals surface area (Å²) in [4.78, 5) is 33.9. The number of hydrogen-bond donors (Lipinski definition) is 0. The Morgan fingerprint density at radius 2 is 2.04 bits per heavy atom. The van der Waals surface area contributed by atoms with Crippen molar-refractivity contribution < 1.29 is 4.79 Å². The summed E-state index contributed by atoms with van der Waals surface area (Å²) in [5.41, 5.74) is 0.624. The first-order chi connectivity index (χ1) is 12.2. The highest BCUT2D eigenvalue weighted by Gasteiger charge is 2.30. The molecule has 2 aliphatic rings. The lowest BCUT2D eigenvalue weighted by atomic mass is 9.99. The number of fused-ring (bicyclic) bond motifs is 2. The van der Waals surface area contributed by atoms with Crippen LogP contribution in [0, 0.1) is 0 Å². The van der Waals surface area contributed by atoms with E-state index in [-0.39, 0.29) is 11.5 Å². The van der Waals surface area contributed by atoms with Gasteiger partial charge >= 0.3 is 0 Å². The van der Waals surface area contributed by atoms with Gasteiger partial charge < -0.3 is 4.90 Å². The van der Waals surface area contributed by atoms with Gasteiger partial charge in [0.1, 0.15) is 0 Å². The van der Waals surface area contributed by atoms with Crippen LogP contribution < -0.4 is 5.56 Å². The van der Waals surface area contributed by atoms with Crippen molar-refractivity contribution in [2.45, 2.75) is 38.3 Å². The lowest BCUT2D eigenvalue weighted by Crippen LogP contribution is -2.56. The van der Waals surface area contributed by atoms with E-state index in [1.807, 2.05) is 23.1 Å². The predicted octanol–water partition coefficient (Wildman–Crippen LogP) is 1.48. The first-order valence-corrected chi connectivity index (χ1v) is 9.18. The molecule has 1 aromatic heterocycles. The molecule has 0 bridgehead atoms. The van der Waals surface area contributed by atoms with Crippen molar-refractivity contribution in [2.24, 2.45) is 0 Å². The topological polar surface area (TPSA) is 58.4 Å². The molecule has 2 fully saturated rings. The van der Waals surface area contributed by atoms with Crippen molar-refractivity contribution >= 4 is 16.8 Å². The molecule has 2 saturated heterocycles. The summed E-state index contributed by atoms with van der Waals surface area (Å²) in [6.45, 7) is 4.18. The molecule has 3 heterocycles. The van der Waals surface area contributed by atoms with Crippen LogP contribution in [0.3, 0.4) is 0 Å². The number of carbonyl (C=O) groups is 1. The van der Waals surface area contributed by atoms with Crippen molar-refractivity contribution in [3.8, 4) is 0 Å². The highest BCUT2D eigenvalue weighted by atomic mass is 16.2. The zero-order chi connectivity index (χ0) is 17.2. The van der Waals surface area contributed by atoms with Crippen LogP contribution in [0.5, 0.6) is 0 Å². The van der Waals surface area contributed by atoms with Gasteiger partial charge in [0, 0.05) is 38.6 Å². The molecule has 0 aliphatic carbocycles. The summed E-state index contributed by atoms with van der Waals surface area (Å²) >= 11 is 0. The molecule has 4 rings (SSSR count). The Morgan fingerprint density at radius 1 is 1.16 bits per heavy atom. The minimum Gasteiger partial charge on any atom is -0.340 e. The number of piperazine rings is 1. The van der Waals surface area contributed by atoms with Crippen molar-refractivity contribution in [2.75, 3.05) is 26.2 Å². The SMILES string of the molecule is O=C(CCn1cnc2ccccc2c1=O)N1CCN2CCCCC2C1. The molecule has 1 aromatic carbocycles. The third-order valence-corrected chi connectivity index (χ3v) is 5.49. The molecule has 1 unspecified atom stereocenters. The average molecular weight is 340 g/mol. The lowest BCUT2D eigenvalue weighted by Gasteiger charge is -2.44. The molecular formula is C19H24N4O2. The standard InChI is InChI=1S/C19H24N4O2/c24-18(22-12-11-21-9-4-3-5-15(21)13-22)8-10-23-14-20-17-7-2-1-6-16(17)19(23)25/h1-2,6-7,14-15H,3-5,8-13H2. The number of carbonyl (C=O) groups excluding carboxylic acids is 1. The first-order valence-electron chi connectivity index (χ1n) is 9.18. The molecule has 6 heteroatoms. The van der Waals surface area contributed by atoms with Gasteiger partial charge in [0.15, 0.2) is 0 Å². The van der Waals surface area contributed by atoms with Gasteiger partial charge in [-0.15, -0.1) is 0 Å². The van der Waals surface area contributed by atoms with Gasteiger partial charge in [0.25, 0.3) is 5.56 Å². The molecule has 1 amide bonds. The lowest BCUT2D eigenvalue weighted by molar-refractivity contribution is -0.135. The maximum atomic E-state index is 12.6. The Kier molecular flexibility index (Phi) is 4.53.